The van der Waals surface area contributed by atoms with Crippen LogP contribution >= 0.6 is 0 Å². The second-order valence-corrected chi connectivity index (χ2v) is 6.60. The third-order valence-corrected chi connectivity index (χ3v) is 5.09. The molecule has 1 aromatic rings. The molecule has 2 saturated heterocycles. The van der Waals surface area contributed by atoms with E-state index < -0.39 is 6.43 Å². The Hall–Kier alpha value is -1.00. The molecule has 4 heteroatoms. The van der Waals surface area contributed by atoms with Gasteiger partial charge in [0, 0.05) is 30.7 Å². The Labute approximate surface area is 119 Å². The van der Waals surface area contributed by atoms with Gasteiger partial charge in [-0.1, -0.05) is 18.2 Å². The molecule has 0 saturated carbocycles. The predicted molar refractivity (Wildman–Crippen MR) is 75.7 cm³/mol. The highest BCUT2D eigenvalue weighted by atomic mass is 19.3. The Morgan fingerprint density at radius 1 is 1.35 bits per heavy atom. The summed E-state index contributed by atoms with van der Waals surface area (Å²) in [6, 6.07) is 6.84. The first-order chi connectivity index (χ1) is 9.48. The van der Waals surface area contributed by atoms with Gasteiger partial charge in [0.05, 0.1) is 0 Å². The van der Waals surface area contributed by atoms with Crippen molar-refractivity contribution in [1.82, 2.24) is 10.2 Å². The quantitative estimate of drug-likeness (QED) is 0.915. The molecule has 2 aliphatic rings. The number of rotatable bonds is 3. The topological polar surface area (TPSA) is 15.3 Å². The molecule has 110 valence electrons. The lowest BCUT2D eigenvalue weighted by Crippen LogP contribution is -2.43. The van der Waals surface area contributed by atoms with Gasteiger partial charge in [0.1, 0.15) is 0 Å². The second-order valence-electron chi connectivity index (χ2n) is 6.60. The standard InChI is InChI=1S/C16H22F2N2/c1-16(2)14-8-19-7-13(14)10-20(16)9-11-4-3-5-12(6-11)15(17)18/h3-6,13-15,19H,7-10H2,1-2H3. The van der Waals surface area contributed by atoms with Crippen LogP contribution in [-0.2, 0) is 6.54 Å². The molecule has 2 nitrogen and oxygen atoms in total. The van der Waals surface area contributed by atoms with Gasteiger partial charge in [-0.05, 0) is 43.9 Å². The van der Waals surface area contributed by atoms with Gasteiger partial charge in [-0.2, -0.15) is 0 Å². The van der Waals surface area contributed by atoms with Gasteiger partial charge < -0.3 is 5.32 Å². The number of hydrogen-bond acceptors (Lipinski definition) is 2. The lowest BCUT2D eigenvalue weighted by molar-refractivity contribution is 0.131. The van der Waals surface area contributed by atoms with E-state index >= 15 is 0 Å². The van der Waals surface area contributed by atoms with Crippen molar-refractivity contribution in [2.75, 3.05) is 19.6 Å². The van der Waals surface area contributed by atoms with Gasteiger partial charge in [0.2, 0.25) is 0 Å². The number of halogens is 2. The van der Waals surface area contributed by atoms with Crippen LogP contribution in [0.3, 0.4) is 0 Å². The smallest absolute Gasteiger partial charge is 0.263 e. The van der Waals surface area contributed by atoms with Gasteiger partial charge in [-0.15, -0.1) is 0 Å². The van der Waals surface area contributed by atoms with E-state index in [1.165, 1.54) is 6.07 Å². The zero-order valence-electron chi connectivity index (χ0n) is 12.1. The van der Waals surface area contributed by atoms with Gasteiger partial charge in [0.25, 0.3) is 6.43 Å². The fourth-order valence-electron chi connectivity index (χ4n) is 3.82. The van der Waals surface area contributed by atoms with Crippen LogP contribution in [0.25, 0.3) is 0 Å². The van der Waals surface area contributed by atoms with Crippen molar-refractivity contribution in [3.8, 4) is 0 Å². The Morgan fingerprint density at radius 3 is 2.85 bits per heavy atom. The highest BCUT2D eigenvalue weighted by Crippen LogP contribution is 2.41. The molecule has 0 amide bonds. The van der Waals surface area contributed by atoms with Crippen molar-refractivity contribution in [3.05, 3.63) is 35.4 Å². The number of nitrogens with one attached hydrogen (secondary N) is 1. The molecule has 3 rings (SSSR count). The average Bonchev–Trinajstić information content (AvgIpc) is 2.94. The SMILES string of the molecule is CC1(C)C2CNCC2CN1Cc1cccc(C(F)F)c1. The highest BCUT2D eigenvalue weighted by molar-refractivity contribution is 5.25. The molecule has 2 unspecified atom stereocenters. The number of hydrogen-bond donors (Lipinski definition) is 1. The molecular formula is C16H22F2N2. The summed E-state index contributed by atoms with van der Waals surface area (Å²) in [4.78, 5) is 2.45. The molecule has 1 aromatic carbocycles. The molecule has 0 radical (unpaired) electrons. The van der Waals surface area contributed by atoms with E-state index in [9.17, 15) is 8.78 Å². The third kappa shape index (κ3) is 2.35. The maximum Gasteiger partial charge on any atom is 0.263 e. The molecular weight excluding hydrogens is 258 g/mol. The van der Waals surface area contributed by atoms with Gasteiger partial charge in [-0.25, -0.2) is 8.78 Å². The molecule has 2 aliphatic heterocycles. The van der Waals surface area contributed by atoms with Crippen molar-refractivity contribution in [2.24, 2.45) is 11.8 Å². The number of benzene rings is 1. The fourth-order valence-corrected chi connectivity index (χ4v) is 3.82. The number of fused-ring (bicyclic) bond motifs is 1. The first kappa shape index (κ1) is 14.0. The van der Waals surface area contributed by atoms with Crippen molar-refractivity contribution in [2.45, 2.75) is 32.4 Å². The molecule has 2 heterocycles. The summed E-state index contributed by atoms with van der Waals surface area (Å²) < 4.78 is 25.6. The summed E-state index contributed by atoms with van der Waals surface area (Å²) in [5.41, 5.74) is 1.25. The minimum atomic E-state index is -2.38. The molecule has 1 N–H and O–H groups in total. The van der Waals surface area contributed by atoms with E-state index in [2.05, 4.69) is 24.1 Å². The maximum atomic E-state index is 12.8. The predicted octanol–water partition coefficient (Wildman–Crippen LogP) is 3.05. The molecule has 2 fully saturated rings. The summed E-state index contributed by atoms with van der Waals surface area (Å²) in [5.74, 6) is 1.36. The number of likely N-dealkylation sites (tertiary alicyclic amines) is 1. The lowest BCUT2D eigenvalue weighted by Gasteiger charge is -2.35. The Kier molecular flexibility index (Phi) is 3.55. The van der Waals surface area contributed by atoms with Crippen LogP contribution in [0.4, 0.5) is 8.78 Å². The third-order valence-electron chi connectivity index (χ3n) is 5.09. The van der Waals surface area contributed by atoms with Crippen LogP contribution in [0.5, 0.6) is 0 Å². The molecule has 2 atom stereocenters. The summed E-state index contributed by atoms with van der Waals surface area (Å²) in [6.07, 6.45) is -2.38. The van der Waals surface area contributed by atoms with Crippen LogP contribution in [-0.4, -0.2) is 30.1 Å². The van der Waals surface area contributed by atoms with Crippen LogP contribution in [0.15, 0.2) is 24.3 Å². The van der Waals surface area contributed by atoms with Crippen LogP contribution in [0.1, 0.15) is 31.4 Å². The van der Waals surface area contributed by atoms with E-state index in [0.29, 0.717) is 11.8 Å². The Morgan fingerprint density at radius 2 is 2.15 bits per heavy atom. The van der Waals surface area contributed by atoms with E-state index in [0.717, 1.165) is 31.7 Å². The molecule has 20 heavy (non-hydrogen) atoms. The number of nitrogens with zero attached hydrogens (tertiary/aromatic N) is 1. The highest BCUT2D eigenvalue weighted by Gasteiger charge is 2.49. The van der Waals surface area contributed by atoms with E-state index in [1.807, 2.05) is 6.07 Å². The average molecular weight is 280 g/mol. The normalized spacial score (nSPS) is 29.1. The van der Waals surface area contributed by atoms with Crippen LogP contribution in [0.2, 0.25) is 0 Å². The maximum absolute atomic E-state index is 12.8. The van der Waals surface area contributed by atoms with Gasteiger partial charge in [0.15, 0.2) is 0 Å². The largest absolute Gasteiger partial charge is 0.316 e. The van der Waals surface area contributed by atoms with Crippen molar-refractivity contribution in [1.29, 1.82) is 0 Å². The van der Waals surface area contributed by atoms with Gasteiger partial charge in [-0.3, -0.25) is 4.90 Å². The van der Waals surface area contributed by atoms with E-state index in [1.54, 1.807) is 12.1 Å². The summed E-state index contributed by atoms with van der Waals surface area (Å²) in [5, 5.41) is 3.46. The zero-order valence-corrected chi connectivity index (χ0v) is 12.1. The second kappa shape index (κ2) is 5.08. The van der Waals surface area contributed by atoms with Crippen molar-refractivity contribution in [3.63, 3.8) is 0 Å². The zero-order chi connectivity index (χ0) is 14.3. The minimum absolute atomic E-state index is 0.126. The molecule has 0 spiro atoms. The molecule has 0 bridgehead atoms. The van der Waals surface area contributed by atoms with Crippen molar-refractivity contribution < 1.29 is 8.78 Å². The van der Waals surface area contributed by atoms with Crippen LogP contribution < -0.4 is 5.32 Å². The van der Waals surface area contributed by atoms with Gasteiger partial charge >= 0.3 is 0 Å². The monoisotopic (exact) mass is 280 g/mol. The minimum Gasteiger partial charge on any atom is -0.316 e. The first-order valence-corrected chi connectivity index (χ1v) is 7.31. The first-order valence-electron chi connectivity index (χ1n) is 7.31. The summed E-state index contributed by atoms with van der Waals surface area (Å²) >= 11 is 0. The number of alkyl halides is 2. The molecule has 0 aliphatic carbocycles. The molecule has 0 aromatic heterocycles. The van der Waals surface area contributed by atoms with E-state index in [4.69, 9.17) is 0 Å². The summed E-state index contributed by atoms with van der Waals surface area (Å²) in [6.45, 7) is 8.54. The Bertz CT molecular complexity index is 487. The van der Waals surface area contributed by atoms with Crippen molar-refractivity contribution >= 4 is 0 Å². The Balaban J connectivity index is 1.76. The summed E-state index contributed by atoms with van der Waals surface area (Å²) in [7, 11) is 0. The van der Waals surface area contributed by atoms with E-state index in [-0.39, 0.29) is 11.1 Å². The lowest BCUT2D eigenvalue weighted by atomic mass is 9.85. The fraction of sp³-hybridized carbons (Fsp3) is 0.625. The van der Waals surface area contributed by atoms with Crippen LogP contribution in [0, 0.1) is 11.8 Å².